The van der Waals surface area contributed by atoms with E-state index in [1.807, 2.05) is 27.8 Å². The van der Waals surface area contributed by atoms with E-state index in [1.165, 1.54) is 5.56 Å². The van der Waals surface area contributed by atoms with E-state index in [-0.39, 0.29) is 12.1 Å². The van der Waals surface area contributed by atoms with E-state index in [4.69, 9.17) is 4.74 Å². The van der Waals surface area contributed by atoms with Crippen molar-refractivity contribution in [2.24, 2.45) is 4.99 Å². The first kappa shape index (κ1) is 20.5. The minimum absolute atomic E-state index is 0.189. The zero-order chi connectivity index (χ0) is 20.1. The molecule has 0 aliphatic heterocycles. The molecule has 2 saturated carbocycles. The fourth-order valence-corrected chi connectivity index (χ4v) is 3.82. The number of rotatable bonds is 4. The van der Waals surface area contributed by atoms with E-state index in [0.717, 1.165) is 38.1 Å². The van der Waals surface area contributed by atoms with Crippen molar-refractivity contribution in [1.82, 2.24) is 16.0 Å². The summed E-state index contributed by atoms with van der Waals surface area (Å²) in [5, 5.41) is 10.1. The molecule has 1 aromatic carbocycles. The molecular formula is C22H34N4O2. The highest BCUT2D eigenvalue weighted by molar-refractivity contribution is 5.80. The zero-order valence-electron chi connectivity index (χ0n) is 17.5. The standard InChI is InChI=1S/C22H34N4O2/c1-22(2,3)28-21(27)25-17-12-10-16(11-13-17)24-20(23-4)26-19-14-18(19)15-8-6-5-7-9-15/h5-9,16-19H,10-14H2,1-4H3,(H,25,27)(H2,23,24,26). The molecule has 6 heteroatoms. The molecule has 0 bridgehead atoms. The van der Waals surface area contributed by atoms with E-state index in [1.54, 1.807) is 0 Å². The molecule has 6 nitrogen and oxygen atoms in total. The van der Waals surface area contributed by atoms with E-state index in [2.05, 4.69) is 51.3 Å². The molecule has 154 valence electrons. The second-order valence-corrected chi connectivity index (χ2v) is 8.92. The van der Waals surface area contributed by atoms with E-state index in [0.29, 0.717) is 18.0 Å². The Kier molecular flexibility index (Phi) is 6.47. The lowest BCUT2D eigenvalue weighted by molar-refractivity contribution is 0.0490. The van der Waals surface area contributed by atoms with Gasteiger partial charge in [0.05, 0.1) is 0 Å². The first-order valence-corrected chi connectivity index (χ1v) is 10.4. The molecule has 2 aliphatic carbocycles. The Labute approximate surface area is 168 Å². The summed E-state index contributed by atoms with van der Waals surface area (Å²) in [7, 11) is 1.82. The number of carbonyl (C=O) groups is 1. The Morgan fingerprint density at radius 1 is 1.00 bits per heavy atom. The molecule has 2 aliphatic rings. The Morgan fingerprint density at radius 2 is 1.61 bits per heavy atom. The molecule has 1 amide bonds. The van der Waals surface area contributed by atoms with Crippen molar-refractivity contribution in [2.45, 2.75) is 82.5 Å². The molecule has 1 aromatic rings. The average molecular weight is 387 g/mol. The van der Waals surface area contributed by atoms with Gasteiger partial charge in [-0.15, -0.1) is 0 Å². The fourth-order valence-electron chi connectivity index (χ4n) is 3.82. The topological polar surface area (TPSA) is 74.8 Å². The minimum Gasteiger partial charge on any atom is -0.444 e. The Balaban J connectivity index is 1.38. The van der Waals surface area contributed by atoms with Crippen molar-refractivity contribution in [1.29, 1.82) is 0 Å². The highest BCUT2D eigenvalue weighted by atomic mass is 16.6. The predicted octanol–water partition coefficient (Wildman–Crippen LogP) is 3.54. The maximum atomic E-state index is 11.9. The maximum absolute atomic E-state index is 11.9. The van der Waals surface area contributed by atoms with Gasteiger partial charge in [-0.1, -0.05) is 30.3 Å². The second kappa shape index (κ2) is 8.84. The quantitative estimate of drug-likeness (QED) is 0.546. The van der Waals surface area contributed by atoms with Crippen molar-refractivity contribution < 1.29 is 9.53 Å². The molecule has 0 aromatic heterocycles. The van der Waals surface area contributed by atoms with Gasteiger partial charge in [0.1, 0.15) is 5.60 Å². The van der Waals surface area contributed by atoms with Crippen molar-refractivity contribution in [2.75, 3.05) is 7.05 Å². The van der Waals surface area contributed by atoms with Crippen LogP contribution in [0.1, 0.15) is 64.4 Å². The average Bonchev–Trinajstić information content (AvgIpc) is 3.41. The summed E-state index contributed by atoms with van der Waals surface area (Å²) < 4.78 is 5.35. The van der Waals surface area contributed by atoms with E-state index >= 15 is 0 Å². The van der Waals surface area contributed by atoms with Gasteiger partial charge >= 0.3 is 6.09 Å². The molecule has 28 heavy (non-hydrogen) atoms. The number of hydrogen-bond acceptors (Lipinski definition) is 3. The van der Waals surface area contributed by atoms with Gasteiger partial charge in [-0.3, -0.25) is 4.99 Å². The highest BCUT2D eigenvalue weighted by Crippen LogP contribution is 2.40. The lowest BCUT2D eigenvalue weighted by Gasteiger charge is -2.31. The molecule has 3 N–H and O–H groups in total. The summed E-state index contributed by atoms with van der Waals surface area (Å²) in [6.07, 6.45) is 4.75. The Bertz CT molecular complexity index is 676. The van der Waals surface area contributed by atoms with Gasteiger partial charge < -0.3 is 20.7 Å². The first-order valence-electron chi connectivity index (χ1n) is 10.4. The summed E-state index contributed by atoms with van der Waals surface area (Å²) >= 11 is 0. The van der Waals surface area contributed by atoms with Crippen LogP contribution >= 0.6 is 0 Å². The largest absolute Gasteiger partial charge is 0.444 e. The summed E-state index contributed by atoms with van der Waals surface area (Å²) in [6, 6.07) is 11.7. The van der Waals surface area contributed by atoms with Crippen LogP contribution in [0.4, 0.5) is 4.79 Å². The van der Waals surface area contributed by atoms with Crippen LogP contribution in [0.25, 0.3) is 0 Å². The predicted molar refractivity (Wildman–Crippen MR) is 113 cm³/mol. The molecule has 0 saturated heterocycles. The lowest BCUT2D eigenvalue weighted by atomic mass is 9.91. The number of hydrogen-bond donors (Lipinski definition) is 3. The Hall–Kier alpha value is -2.24. The molecular weight excluding hydrogens is 352 g/mol. The van der Waals surface area contributed by atoms with Crippen molar-refractivity contribution in [3.05, 3.63) is 35.9 Å². The zero-order valence-corrected chi connectivity index (χ0v) is 17.5. The monoisotopic (exact) mass is 386 g/mol. The molecule has 2 unspecified atom stereocenters. The number of ether oxygens (including phenoxy) is 1. The van der Waals surface area contributed by atoms with Crippen molar-refractivity contribution in [3.63, 3.8) is 0 Å². The minimum atomic E-state index is -0.457. The summed E-state index contributed by atoms with van der Waals surface area (Å²) in [6.45, 7) is 5.65. The van der Waals surface area contributed by atoms with Crippen LogP contribution in [0.15, 0.2) is 35.3 Å². The summed E-state index contributed by atoms with van der Waals surface area (Å²) in [5.74, 6) is 1.46. The number of nitrogens with zero attached hydrogens (tertiary/aromatic N) is 1. The van der Waals surface area contributed by atoms with Gasteiger partial charge in [-0.25, -0.2) is 4.79 Å². The third-order valence-electron chi connectivity index (χ3n) is 5.35. The number of amides is 1. The molecule has 2 atom stereocenters. The lowest BCUT2D eigenvalue weighted by Crippen LogP contribution is -2.48. The smallest absolute Gasteiger partial charge is 0.407 e. The highest BCUT2D eigenvalue weighted by Gasteiger charge is 2.39. The van der Waals surface area contributed by atoms with E-state index in [9.17, 15) is 4.79 Å². The number of carbonyl (C=O) groups excluding carboxylic acids is 1. The number of alkyl carbamates (subject to hydrolysis) is 1. The van der Waals surface area contributed by atoms with E-state index < -0.39 is 5.60 Å². The van der Waals surface area contributed by atoms with Gasteiger partial charge in [0, 0.05) is 31.1 Å². The number of guanidine groups is 1. The third-order valence-corrected chi connectivity index (χ3v) is 5.35. The van der Waals surface area contributed by atoms with Crippen LogP contribution in [0, 0.1) is 0 Å². The van der Waals surface area contributed by atoms with Gasteiger partial charge in [0.15, 0.2) is 5.96 Å². The molecule has 0 radical (unpaired) electrons. The van der Waals surface area contributed by atoms with Crippen LogP contribution in [-0.4, -0.2) is 42.8 Å². The summed E-state index contributed by atoms with van der Waals surface area (Å²) in [5.41, 5.74) is 0.936. The number of aliphatic imine (C=N–C) groups is 1. The van der Waals surface area contributed by atoms with Gasteiger partial charge in [-0.2, -0.15) is 0 Å². The third kappa shape index (κ3) is 6.14. The van der Waals surface area contributed by atoms with Crippen molar-refractivity contribution >= 4 is 12.1 Å². The van der Waals surface area contributed by atoms with Crippen LogP contribution in [0.2, 0.25) is 0 Å². The molecule has 3 rings (SSSR count). The second-order valence-electron chi connectivity index (χ2n) is 8.92. The normalized spacial score (nSPS) is 27.6. The number of benzene rings is 1. The van der Waals surface area contributed by atoms with Gasteiger partial charge in [-0.05, 0) is 58.4 Å². The summed E-state index contributed by atoms with van der Waals surface area (Å²) in [4.78, 5) is 16.3. The van der Waals surface area contributed by atoms with Crippen LogP contribution < -0.4 is 16.0 Å². The van der Waals surface area contributed by atoms with Crippen molar-refractivity contribution in [3.8, 4) is 0 Å². The molecule has 0 heterocycles. The van der Waals surface area contributed by atoms with Gasteiger partial charge in [0.2, 0.25) is 0 Å². The number of nitrogens with one attached hydrogen (secondary N) is 3. The fraction of sp³-hybridized carbons (Fsp3) is 0.636. The Morgan fingerprint density at radius 3 is 2.18 bits per heavy atom. The maximum Gasteiger partial charge on any atom is 0.407 e. The molecule has 2 fully saturated rings. The van der Waals surface area contributed by atoms with Gasteiger partial charge in [0.25, 0.3) is 0 Å². The first-order chi connectivity index (χ1) is 13.3. The van der Waals surface area contributed by atoms with Crippen LogP contribution in [0.3, 0.4) is 0 Å². The van der Waals surface area contributed by atoms with Crippen LogP contribution in [0.5, 0.6) is 0 Å². The SMILES string of the molecule is CN=C(NC1CCC(NC(=O)OC(C)(C)C)CC1)NC1CC1c1ccccc1. The molecule has 0 spiro atoms. The van der Waals surface area contributed by atoms with Crippen LogP contribution in [-0.2, 0) is 4.74 Å².